The molecule has 0 bridgehead atoms. The quantitative estimate of drug-likeness (QED) is 0.518. The molecule has 1 aliphatic carbocycles. The molecule has 0 spiro atoms. The number of rotatable bonds is 1. The van der Waals surface area contributed by atoms with Crippen LogP contribution in [0.25, 0.3) is 0 Å². The summed E-state index contributed by atoms with van der Waals surface area (Å²) >= 11 is 0. The zero-order valence-corrected chi connectivity index (χ0v) is 7.28. The van der Waals surface area contributed by atoms with Gasteiger partial charge in [-0.2, -0.15) is 0 Å². The smallest absolute Gasteiger partial charge is 0.00287 e. The highest BCUT2D eigenvalue weighted by atomic mass is 14.2. The molecule has 0 nitrogen and oxygen atoms in total. The van der Waals surface area contributed by atoms with Crippen LogP contribution < -0.4 is 0 Å². The Bertz CT molecular complexity index is 194. The summed E-state index contributed by atoms with van der Waals surface area (Å²) in [4.78, 5) is 0. The molecule has 0 saturated heterocycles. The van der Waals surface area contributed by atoms with Crippen molar-refractivity contribution < 1.29 is 0 Å². The molecule has 0 aliphatic heterocycles. The average Bonchev–Trinajstić information content (AvgIpc) is 2.17. The van der Waals surface area contributed by atoms with Gasteiger partial charge >= 0.3 is 0 Å². The molecule has 55 valence electrons. The van der Waals surface area contributed by atoms with Crippen molar-refractivity contribution in [3.63, 3.8) is 0 Å². The maximum absolute atomic E-state index is 3.45. The van der Waals surface area contributed by atoms with Crippen molar-refractivity contribution >= 4 is 0 Å². The SMILES string of the molecule is CCC1=[C]C(C)C(C)=C1C. The summed E-state index contributed by atoms with van der Waals surface area (Å²) in [5, 5.41) is 0. The highest BCUT2D eigenvalue weighted by molar-refractivity contribution is 5.39. The van der Waals surface area contributed by atoms with E-state index in [0.717, 1.165) is 6.42 Å². The summed E-state index contributed by atoms with van der Waals surface area (Å²) in [5.41, 5.74) is 4.39. The summed E-state index contributed by atoms with van der Waals surface area (Å²) in [6, 6.07) is 0. The Labute approximate surface area is 63.6 Å². The molecule has 0 heteroatoms. The summed E-state index contributed by atoms with van der Waals surface area (Å²) in [6.45, 7) is 8.80. The van der Waals surface area contributed by atoms with Crippen LogP contribution in [-0.4, -0.2) is 0 Å². The monoisotopic (exact) mass is 135 g/mol. The number of hydrogen-bond acceptors (Lipinski definition) is 0. The fourth-order valence-electron chi connectivity index (χ4n) is 1.41. The van der Waals surface area contributed by atoms with Gasteiger partial charge in [-0.05, 0) is 37.5 Å². The van der Waals surface area contributed by atoms with Gasteiger partial charge in [0.15, 0.2) is 0 Å². The van der Waals surface area contributed by atoms with Crippen LogP contribution in [-0.2, 0) is 0 Å². The van der Waals surface area contributed by atoms with Gasteiger partial charge in [-0.25, -0.2) is 0 Å². The Morgan fingerprint density at radius 2 is 2.00 bits per heavy atom. The van der Waals surface area contributed by atoms with Gasteiger partial charge in [-0.15, -0.1) is 0 Å². The molecule has 0 saturated carbocycles. The van der Waals surface area contributed by atoms with E-state index in [2.05, 4.69) is 33.8 Å². The summed E-state index contributed by atoms with van der Waals surface area (Å²) in [5.74, 6) is 0.565. The Morgan fingerprint density at radius 1 is 1.40 bits per heavy atom. The van der Waals surface area contributed by atoms with E-state index in [1.807, 2.05) is 0 Å². The minimum absolute atomic E-state index is 0.565. The first-order valence-corrected chi connectivity index (χ1v) is 3.97. The first-order chi connectivity index (χ1) is 4.66. The highest BCUT2D eigenvalue weighted by Crippen LogP contribution is 2.30. The van der Waals surface area contributed by atoms with Crippen LogP contribution in [0.3, 0.4) is 0 Å². The summed E-state index contributed by atoms with van der Waals surface area (Å²) in [7, 11) is 0. The molecule has 1 radical (unpaired) electrons. The van der Waals surface area contributed by atoms with Crippen LogP contribution in [0.1, 0.15) is 34.1 Å². The third-order valence-electron chi connectivity index (χ3n) is 2.44. The third-order valence-corrected chi connectivity index (χ3v) is 2.44. The third kappa shape index (κ3) is 1.03. The van der Waals surface area contributed by atoms with E-state index in [4.69, 9.17) is 0 Å². The second-order valence-corrected chi connectivity index (χ2v) is 3.01. The molecule has 0 aromatic heterocycles. The zero-order valence-electron chi connectivity index (χ0n) is 7.28. The Morgan fingerprint density at radius 3 is 2.20 bits per heavy atom. The van der Waals surface area contributed by atoms with Crippen LogP contribution in [0.5, 0.6) is 0 Å². The first kappa shape index (κ1) is 7.59. The predicted molar refractivity (Wildman–Crippen MR) is 44.6 cm³/mol. The Hall–Kier alpha value is -0.520. The lowest BCUT2D eigenvalue weighted by Gasteiger charge is -2.00. The van der Waals surface area contributed by atoms with Crippen molar-refractivity contribution in [2.75, 3.05) is 0 Å². The van der Waals surface area contributed by atoms with Crippen molar-refractivity contribution in [1.82, 2.24) is 0 Å². The topological polar surface area (TPSA) is 0 Å². The molecule has 0 aromatic carbocycles. The second kappa shape index (κ2) is 2.61. The van der Waals surface area contributed by atoms with Crippen molar-refractivity contribution in [3.05, 3.63) is 22.8 Å². The molecule has 10 heavy (non-hydrogen) atoms. The predicted octanol–water partition coefficient (Wildman–Crippen LogP) is 3.11. The van der Waals surface area contributed by atoms with E-state index in [1.54, 1.807) is 0 Å². The van der Waals surface area contributed by atoms with E-state index >= 15 is 0 Å². The molecule has 0 fully saturated rings. The molecule has 1 unspecified atom stereocenters. The largest absolute Gasteiger partial charge is 0.0629 e. The first-order valence-electron chi connectivity index (χ1n) is 3.97. The lowest BCUT2D eigenvalue weighted by molar-refractivity contribution is 0.850. The number of hydrogen-bond donors (Lipinski definition) is 0. The van der Waals surface area contributed by atoms with Gasteiger partial charge in [-0.1, -0.05) is 19.4 Å². The molecule has 0 N–H and O–H groups in total. The van der Waals surface area contributed by atoms with Crippen molar-refractivity contribution in [3.8, 4) is 0 Å². The van der Waals surface area contributed by atoms with Crippen LogP contribution in [0.15, 0.2) is 16.7 Å². The fourth-order valence-corrected chi connectivity index (χ4v) is 1.41. The van der Waals surface area contributed by atoms with Crippen LogP contribution in [0, 0.1) is 12.0 Å². The lowest BCUT2D eigenvalue weighted by atomic mass is 10.0. The van der Waals surface area contributed by atoms with Crippen LogP contribution in [0.2, 0.25) is 0 Å². The van der Waals surface area contributed by atoms with E-state index in [1.165, 1.54) is 16.7 Å². The molecule has 1 atom stereocenters. The standard InChI is InChI=1S/C10H15/c1-5-10-6-7(2)8(3)9(10)4/h7H,5H2,1-4H3. The van der Waals surface area contributed by atoms with Gasteiger partial charge in [-0.3, -0.25) is 0 Å². The van der Waals surface area contributed by atoms with Crippen molar-refractivity contribution in [2.24, 2.45) is 5.92 Å². The van der Waals surface area contributed by atoms with Gasteiger partial charge < -0.3 is 0 Å². The normalized spacial score (nSPS) is 25.6. The molecule has 1 aliphatic rings. The number of allylic oxidation sites excluding steroid dienone is 4. The van der Waals surface area contributed by atoms with Gasteiger partial charge in [0.25, 0.3) is 0 Å². The highest BCUT2D eigenvalue weighted by Gasteiger charge is 2.15. The fraction of sp³-hybridized carbons (Fsp3) is 0.600. The molecule has 0 amide bonds. The molecular formula is C10H15. The van der Waals surface area contributed by atoms with Crippen LogP contribution in [0.4, 0.5) is 0 Å². The maximum Gasteiger partial charge on any atom is 0.00287 e. The lowest BCUT2D eigenvalue weighted by Crippen LogP contribution is -1.86. The molecule has 0 aromatic rings. The van der Waals surface area contributed by atoms with Gasteiger partial charge in [0.1, 0.15) is 0 Å². The summed E-state index contributed by atoms with van der Waals surface area (Å²) in [6.07, 6.45) is 4.58. The average molecular weight is 135 g/mol. The molecule has 1 rings (SSSR count). The zero-order chi connectivity index (χ0) is 7.72. The van der Waals surface area contributed by atoms with Gasteiger partial charge in [0.2, 0.25) is 0 Å². The minimum Gasteiger partial charge on any atom is -0.0629 e. The Kier molecular flexibility index (Phi) is 1.98. The van der Waals surface area contributed by atoms with E-state index < -0.39 is 0 Å². The van der Waals surface area contributed by atoms with Crippen molar-refractivity contribution in [2.45, 2.75) is 34.1 Å². The molecular weight excluding hydrogens is 120 g/mol. The van der Waals surface area contributed by atoms with Gasteiger partial charge in [0, 0.05) is 5.92 Å². The van der Waals surface area contributed by atoms with E-state index in [-0.39, 0.29) is 0 Å². The summed E-state index contributed by atoms with van der Waals surface area (Å²) < 4.78 is 0. The van der Waals surface area contributed by atoms with Crippen molar-refractivity contribution in [1.29, 1.82) is 0 Å². The van der Waals surface area contributed by atoms with E-state index in [9.17, 15) is 0 Å². The minimum atomic E-state index is 0.565. The Balaban J connectivity index is 2.90. The van der Waals surface area contributed by atoms with Gasteiger partial charge in [0.05, 0.1) is 0 Å². The van der Waals surface area contributed by atoms with E-state index in [0.29, 0.717) is 5.92 Å². The second-order valence-electron chi connectivity index (χ2n) is 3.01. The maximum atomic E-state index is 3.45. The van der Waals surface area contributed by atoms with Crippen LogP contribution >= 0.6 is 0 Å². The molecule has 0 heterocycles.